The second-order valence-electron chi connectivity index (χ2n) is 15.9. The number of thiophene rings is 1. The van der Waals surface area contributed by atoms with Gasteiger partial charge in [0.15, 0.2) is 0 Å². The van der Waals surface area contributed by atoms with Crippen LogP contribution in [0.2, 0.25) is 0 Å². The lowest BCUT2D eigenvalue weighted by atomic mass is 9.67. The summed E-state index contributed by atoms with van der Waals surface area (Å²) in [6.07, 6.45) is 0. The Hall–Kier alpha value is -7.66. The number of hydrogen-bond acceptors (Lipinski definition) is 4. The van der Waals surface area contributed by atoms with Crippen LogP contribution >= 0.6 is 11.3 Å². The number of hydrogen-bond donors (Lipinski definition) is 1. The summed E-state index contributed by atoms with van der Waals surface area (Å²) in [6, 6.07) is 77.1. The number of aromatic hydroxyl groups is 1. The minimum absolute atomic E-state index is 0.201. The van der Waals surface area contributed by atoms with Gasteiger partial charge < -0.3 is 5.11 Å². The van der Waals surface area contributed by atoms with Gasteiger partial charge in [-0.1, -0.05) is 158 Å². The van der Waals surface area contributed by atoms with Crippen LogP contribution in [0.5, 0.6) is 5.75 Å². The first kappa shape index (κ1) is 37.3. The van der Waals surface area contributed by atoms with Crippen LogP contribution in [-0.4, -0.2) is 15.1 Å². The summed E-state index contributed by atoms with van der Waals surface area (Å²) in [4.78, 5) is 12.6. The number of pyridine rings is 2. The first-order valence-electron chi connectivity index (χ1n) is 20.9. The number of rotatable bonds is 8. The standard InChI is InChI=1S/C58H40N2OS/c1-38-32-44(37-52(59-38)40-18-15-19-41(33-40)53-35-43(39-16-5-2-6-17-39)36-54(60-53)49-25-12-14-27-55(49)61)57-31-30-56(62-57)42-28-29-48-47-24-11-13-26-50(47)58(51(48)34-42,45-20-7-3-8-21-45)46-22-9-4-10-23-46/h2-37,61H,1H3. The molecule has 3 nitrogen and oxygen atoms in total. The van der Waals surface area contributed by atoms with Gasteiger partial charge in [0.1, 0.15) is 5.75 Å². The summed E-state index contributed by atoms with van der Waals surface area (Å²) in [6.45, 7) is 2.07. The van der Waals surface area contributed by atoms with Crippen molar-refractivity contribution >= 4 is 11.3 Å². The number of nitrogens with zero attached hydrogens (tertiary/aromatic N) is 2. The number of para-hydroxylation sites is 1. The van der Waals surface area contributed by atoms with Crippen LogP contribution in [-0.2, 0) is 5.41 Å². The van der Waals surface area contributed by atoms with E-state index in [0.717, 1.165) is 44.9 Å². The number of benzene rings is 7. The molecule has 62 heavy (non-hydrogen) atoms. The van der Waals surface area contributed by atoms with Gasteiger partial charge in [-0.05, 0) is 123 Å². The van der Waals surface area contributed by atoms with E-state index in [9.17, 15) is 5.11 Å². The molecule has 7 aromatic carbocycles. The van der Waals surface area contributed by atoms with Gasteiger partial charge in [-0.3, -0.25) is 4.98 Å². The minimum Gasteiger partial charge on any atom is -0.507 e. The van der Waals surface area contributed by atoms with E-state index in [1.165, 1.54) is 48.7 Å². The van der Waals surface area contributed by atoms with Crippen molar-refractivity contribution in [3.8, 4) is 82.7 Å². The van der Waals surface area contributed by atoms with E-state index in [0.29, 0.717) is 11.3 Å². The number of aryl methyl sites for hydroxylation is 1. The topological polar surface area (TPSA) is 46.0 Å². The molecular formula is C58H40N2OS. The Bertz CT molecular complexity index is 3220. The first-order valence-corrected chi connectivity index (χ1v) is 21.8. The van der Waals surface area contributed by atoms with Gasteiger partial charge in [0.25, 0.3) is 0 Å². The third-order valence-corrected chi connectivity index (χ3v) is 13.3. The van der Waals surface area contributed by atoms with Gasteiger partial charge in [-0.25, -0.2) is 4.98 Å². The van der Waals surface area contributed by atoms with Crippen LogP contribution < -0.4 is 0 Å². The average Bonchev–Trinajstić information content (AvgIpc) is 3.95. The summed E-state index contributed by atoms with van der Waals surface area (Å²) < 4.78 is 0. The van der Waals surface area contributed by atoms with Gasteiger partial charge in [-0.15, -0.1) is 11.3 Å². The van der Waals surface area contributed by atoms with Crippen molar-refractivity contribution in [2.24, 2.45) is 0 Å². The lowest BCUT2D eigenvalue weighted by Crippen LogP contribution is -2.28. The molecule has 3 aromatic heterocycles. The second-order valence-corrected chi connectivity index (χ2v) is 17.0. The molecule has 0 spiro atoms. The fourth-order valence-electron chi connectivity index (χ4n) is 9.35. The van der Waals surface area contributed by atoms with E-state index >= 15 is 0 Å². The van der Waals surface area contributed by atoms with Gasteiger partial charge in [0, 0.05) is 32.1 Å². The molecule has 294 valence electrons. The van der Waals surface area contributed by atoms with Crippen molar-refractivity contribution in [2.45, 2.75) is 12.3 Å². The molecule has 11 rings (SSSR count). The highest BCUT2D eigenvalue weighted by Gasteiger charge is 2.46. The molecule has 10 aromatic rings. The van der Waals surface area contributed by atoms with Crippen LogP contribution in [0, 0.1) is 6.92 Å². The maximum absolute atomic E-state index is 10.8. The SMILES string of the molecule is Cc1cc(-c2ccc(-c3ccc4c(c3)C(c3ccccc3)(c3ccccc3)c3ccccc3-4)s2)cc(-c2cccc(-c3cc(-c4ccccc4)cc(-c4ccccc4O)n3)c2)n1. The number of phenolic OH excluding ortho intramolecular Hbond substituents is 1. The molecule has 4 heteroatoms. The fourth-order valence-corrected chi connectivity index (χ4v) is 10.3. The maximum atomic E-state index is 10.8. The zero-order chi connectivity index (χ0) is 41.6. The van der Waals surface area contributed by atoms with E-state index in [1.807, 2.05) is 53.8 Å². The highest BCUT2D eigenvalue weighted by atomic mass is 32.1. The van der Waals surface area contributed by atoms with Crippen LogP contribution in [0.4, 0.5) is 0 Å². The van der Waals surface area contributed by atoms with E-state index < -0.39 is 5.41 Å². The first-order chi connectivity index (χ1) is 30.5. The summed E-state index contributed by atoms with van der Waals surface area (Å²) >= 11 is 1.81. The van der Waals surface area contributed by atoms with Crippen LogP contribution in [0.1, 0.15) is 27.9 Å². The Balaban J connectivity index is 0.972. The molecule has 1 aliphatic rings. The van der Waals surface area contributed by atoms with E-state index in [4.69, 9.17) is 9.97 Å². The minimum atomic E-state index is -0.445. The predicted octanol–water partition coefficient (Wildman–Crippen LogP) is 14.9. The highest BCUT2D eigenvalue weighted by Crippen LogP contribution is 2.57. The Morgan fingerprint density at radius 2 is 0.919 bits per heavy atom. The molecule has 0 saturated heterocycles. The largest absolute Gasteiger partial charge is 0.507 e. The molecule has 1 aliphatic carbocycles. The van der Waals surface area contributed by atoms with Gasteiger partial charge in [-0.2, -0.15) is 0 Å². The Morgan fingerprint density at radius 1 is 0.371 bits per heavy atom. The number of phenols is 1. The van der Waals surface area contributed by atoms with Gasteiger partial charge in [0.2, 0.25) is 0 Å². The zero-order valence-electron chi connectivity index (χ0n) is 34.0. The third kappa shape index (κ3) is 6.44. The summed E-state index contributed by atoms with van der Waals surface area (Å²) in [7, 11) is 0. The number of aromatic nitrogens is 2. The van der Waals surface area contributed by atoms with E-state index in [1.54, 1.807) is 6.07 Å². The smallest absolute Gasteiger partial charge is 0.124 e. The van der Waals surface area contributed by atoms with Crippen molar-refractivity contribution in [3.63, 3.8) is 0 Å². The fraction of sp³-hybridized carbons (Fsp3) is 0.0345. The Labute approximate surface area is 366 Å². The lowest BCUT2D eigenvalue weighted by molar-refractivity contribution is 0.477. The summed E-state index contributed by atoms with van der Waals surface area (Å²) in [5.74, 6) is 0.201. The van der Waals surface area contributed by atoms with Crippen LogP contribution in [0.25, 0.3) is 76.9 Å². The molecule has 0 bridgehead atoms. The molecule has 1 N–H and O–H groups in total. The van der Waals surface area contributed by atoms with Crippen LogP contribution in [0.15, 0.2) is 218 Å². The monoisotopic (exact) mass is 812 g/mol. The zero-order valence-corrected chi connectivity index (χ0v) is 34.9. The third-order valence-electron chi connectivity index (χ3n) is 12.2. The Kier molecular flexibility index (Phi) is 9.29. The lowest BCUT2D eigenvalue weighted by Gasteiger charge is -2.34. The van der Waals surface area contributed by atoms with Crippen molar-refractivity contribution < 1.29 is 5.11 Å². The molecule has 0 saturated carbocycles. The molecule has 0 fully saturated rings. The second kappa shape index (κ2) is 15.4. The Morgan fingerprint density at radius 3 is 1.63 bits per heavy atom. The van der Waals surface area contributed by atoms with E-state index in [-0.39, 0.29) is 5.75 Å². The number of fused-ring (bicyclic) bond motifs is 3. The molecule has 3 heterocycles. The van der Waals surface area contributed by atoms with Crippen molar-refractivity contribution in [2.75, 3.05) is 0 Å². The van der Waals surface area contributed by atoms with E-state index in [2.05, 4.69) is 177 Å². The van der Waals surface area contributed by atoms with Crippen molar-refractivity contribution in [1.29, 1.82) is 0 Å². The normalized spacial score (nSPS) is 12.5. The summed E-state index contributed by atoms with van der Waals surface area (Å²) in [5.41, 5.74) is 17.8. The molecule has 0 amide bonds. The maximum Gasteiger partial charge on any atom is 0.124 e. The predicted molar refractivity (Wildman–Crippen MR) is 256 cm³/mol. The molecule has 0 unspecified atom stereocenters. The van der Waals surface area contributed by atoms with Gasteiger partial charge in [0.05, 0.1) is 22.5 Å². The van der Waals surface area contributed by atoms with Crippen molar-refractivity contribution in [1.82, 2.24) is 9.97 Å². The summed E-state index contributed by atoms with van der Waals surface area (Å²) in [5, 5.41) is 10.8. The van der Waals surface area contributed by atoms with Gasteiger partial charge >= 0.3 is 0 Å². The quantitative estimate of drug-likeness (QED) is 0.166. The molecule has 0 aliphatic heterocycles. The van der Waals surface area contributed by atoms with Crippen LogP contribution in [0.3, 0.4) is 0 Å². The molecule has 0 atom stereocenters. The average molecular weight is 813 g/mol. The van der Waals surface area contributed by atoms with Crippen molar-refractivity contribution in [3.05, 3.63) is 246 Å². The molecule has 0 radical (unpaired) electrons. The molecular weight excluding hydrogens is 773 g/mol. The highest BCUT2D eigenvalue weighted by molar-refractivity contribution is 7.18.